The van der Waals surface area contributed by atoms with Crippen molar-refractivity contribution in [3.8, 4) is 0 Å². The van der Waals surface area contributed by atoms with Gasteiger partial charge >= 0.3 is 6.18 Å². The molecule has 0 bridgehead atoms. The van der Waals surface area contributed by atoms with Crippen molar-refractivity contribution in [2.45, 2.75) is 50.3 Å². The standard InChI is InChI=1S/C35H34Cl2F3N3O4S/c1-3-19-41-34(45)32(20-25-7-5-4-6-8-25)42(22-26-11-13-27(36)14-12-26)33(44)23-43(48(46,47)29-16-9-24(2)10-17-29)28-15-18-31(37)30(21-28)35(38,39)40/h4-18,21,32H,3,19-20,22-23H2,1-2H3,(H,41,45)/t32-/m0/s1. The van der Waals surface area contributed by atoms with Crippen molar-refractivity contribution in [3.63, 3.8) is 0 Å². The van der Waals surface area contributed by atoms with E-state index in [1.54, 1.807) is 61.5 Å². The molecule has 0 aliphatic rings. The Balaban J connectivity index is 1.85. The van der Waals surface area contributed by atoms with Crippen molar-refractivity contribution in [2.75, 3.05) is 17.4 Å². The van der Waals surface area contributed by atoms with Gasteiger partial charge in [0.05, 0.1) is 21.2 Å². The Morgan fingerprint density at radius 2 is 1.52 bits per heavy atom. The fourth-order valence-electron chi connectivity index (χ4n) is 4.96. The van der Waals surface area contributed by atoms with Crippen LogP contribution in [0.4, 0.5) is 18.9 Å². The van der Waals surface area contributed by atoms with E-state index in [0.717, 1.165) is 23.3 Å². The Morgan fingerprint density at radius 1 is 0.875 bits per heavy atom. The third-order valence-electron chi connectivity index (χ3n) is 7.52. The summed E-state index contributed by atoms with van der Waals surface area (Å²) in [6.07, 6.45) is -4.20. The number of aryl methyl sites for hydroxylation is 1. The molecular weight excluding hydrogens is 686 g/mol. The number of sulfonamides is 1. The van der Waals surface area contributed by atoms with Crippen LogP contribution < -0.4 is 9.62 Å². The Hall–Kier alpha value is -4.06. The van der Waals surface area contributed by atoms with Crippen LogP contribution in [-0.4, -0.2) is 44.3 Å². The van der Waals surface area contributed by atoms with E-state index >= 15 is 0 Å². The smallest absolute Gasteiger partial charge is 0.354 e. The largest absolute Gasteiger partial charge is 0.417 e. The summed E-state index contributed by atoms with van der Waals surface area (Å²) in [7, 11) is -4.61. The summed E-state index contributed by atoms with van der Waals surface area (Å²) in [5.41, 5.74) is 0.380. The summed E-state index contributed by atoms with van der Waals surface area (Å²) in [5, 5.41) is 2.64. The molecule has 2 amide bonds. The van der Waals surface area contributed by atoms with Gasteiger partial charge in [-0.15, -0.1) is 0 Å². The lowest BCUT2D eigenvalue weighted by atomic mass is 10.0. The Morgan fingerprint density at radius 3 is 2.12 bits per heavy atom. The van der Waals surface area contributed by atoms with E-state index in [0.29, 0.717) is 33.9 Å². The molecule has 48 heavy (non-hydrogen) atoms. The van der Waals surface area contributed by atoms with Crippen molar-refractivity contribution in [3.05, 3.63) is 129 Å². The first-order chi connectivity index (χ1) is 22.7. The lowest BCUT2D eigenvalue weighted by Gasteiger charge is -2.34. The number of nitrogens with zero attached hydrogens (tertiary/aromatic N) is 2. The SMILES string of the molecule is CCCNC(=O)[C@H](Cc1ccccc1)N(Cc1ccc(Cl)cc1)C(=O)CN(c1ccc(Cl)c(C(F)(F)F)c1)S(=O)(=O)c1ccc(C)cc1. The van der Waals surface area contributed by atoms with Gasteiger partial charge in [0.25, 0.3) is 10.0 Å². The van der Waals surface area contributed by atoms with Gasteiger partial charge in [0.1, 0.15) is 12.6 Å². The highest BCUT2D eigenvalue weighted by atomic mass is 35.5. The molecule has 1 N–H and O–H groups in total. The van der Waals surface area contributed by atoms with Gasteiger partial charge in [0.15, 0.2) is 0 Å². The first kappa shape index (κ1) is 36.8. The van der Waals surface area contributed by atoms with Crippen LogP contribution >= 0.6 is 23.2 Å². The minimum Gasteiger partial charge on any atom is -0.354 e. The van der Waals surface area contributed by atoms with Gasteiger partial charge in [-0.2, -0.15) is 13.2 Å². The number of alkyl halides is 3. The number of anilines is 1. The van der Waals surface area contributed by atoms with E-state index in [2.05, 4.69) is 5.32 Å². The highest BCUT2D eigenvalue weighted by Gasteiger charge is 2.37. The average molecular weight is 721 g/mol. The second kappa shape index (κ2) is 15.9. The van der Waals surface area contributed by atoms with Gasteiger partial charge < -0.3 is 10.2 Å². The van der Waals surface area contributed by atoms with E-state index in [1.807, 2.05) is 6.92 Å². The molecule has 0 spiro atoms. The topological polar surface area (TPSA) is 86.8 Å². The Kier molecular flexibility index (Phi) is 12.2. The average Bonchev–Trinajstić information content (AvgIpc) is 3.05. The highest BCUT2D eigenvalue weighted by molar-refractivity contribution is 7.92. The van der Waals surface area contributed by atoms with E-state index in [-0.39, 0.29) is 17.9 Å². The first-order valence-electron chi connectivity index (χ1n) is 15.0. The predicted molar refractivity (Wildman–Crippen MR) is 181 cm³/mol. The van der Waals surface area contributed by atoms with Crippen LogP contribution in [0, 0.1) is 6.92 Å². The molecule has 0 unspecified atom stereocenters. The fourth-order valence-corrected chi connectivity index (χ4v) is 6.71. The van der Waals surface area contributed by atoms with E-state index in [1.165, 1.54) is 29.2 Å². The molecule has 1 atom stereocenters. The predicted octanol–water partition coefficient (Wildman–Crippen LogP) is 7.68. The molecule has 0 saturated heterocycles. The maximum Gasteiger partial charge on any atom is 0.417 e. The van der Waals surface area contributed by atoms with Crippen LogP contribution in [-0.2, 0) is 38.8 Å². The summed E-state index contributed by atoms with van der Waals surface area (Å²) in [5.74, 6) is -1.29. The number of hydrogen-bond acceptors (Lipinski definition) is 4. The third kappa shape index (κ3) is 9.30. The number of benzene rings is 4. The second-order valence-corrected chi connectivity index (χ2v) is 13.8. The molecule has 4 aromatic rings. The van der Waals surface area contributed by atoms with Crippen molar-refractivity contribution in [1.29, 1.82) is 0 Å². The zero-order chi connectivity index (χ0) is 35.1. The molecule has 4 aromatic carbocycles. The van der Waals surface area contributed by atoms with Crippen LogP contribution in [0.5, 0.6) is 0 Å². The summed E-state index contributed by atoms with van der Waals surface area (Å²) < 4.78 is 70.7. The molecule has 0 radical (unpaired) electrons. The number of nitrogens with one attached hydrogen (secondary N) is 1. The number of rotatable bonds is 13. The molecule has 254 valence electrons. The summed E-state index contributed by atoms with van der Waals surface area (Å²) in [6.45, 7) is 2.90. The summed E-state index contributed by atoms with van der Waals surface area (Å²) >= 11 is 12.0. The number of carbonyl (C=O) groups excluding carboxylic acids is 2. The lowest BCUT2D eigenvalue weighted by molar-refractivity contribution is -0.140. The molecule has 0 aliphatic carbocycles. The van der Waals surface area contributed by atoms with Crippen molar-refractivity contribution in [2.24, 2.45) is 0 Å². The normalized spacial score (nSPS) is 12.3. The zero-order valence-electron chi connectivity index (χ0n) is 26.2. The van der Waals surface area contributed by atoms with Crippen LogP contribution in [0.25, 0.3) is 0 Å². The monoisotopic (exact) mass is 719 g/mol. The fraction of sp³-hybridized carbons (Fsp3) is 0.257. The van der Waals surface area contributed by atoms with E-state index in [9.17, 15) is 31.2 Å². The number of hydrogen-bond donors (Lipinski definition) is 1. The highest BCUT2D eigenvalue weighted by Crippen LogP contribution is 2.38. The molecule has 0 heterocycles. The molecule has 0 aromatic heterocycles. The molecule has 0 aliphatic heterocycles. The van der Waals surface area contributed by atoms with E-state index < -0.39 is 56.9 Å². The van der Waals surface area contributed by atoms with E-state index in [4.69, 9.17) is 23.2 Å². The summed E-state index contributed by atoms with van der Waals surface area (Å²) in [4.78, 5) is 29.2. The first-order valence-corrected chi connectivity index (χ1v) is 17.2. The Labute approximate surface area is 288 Å². The quantitative estimate of drug-likeness (QED) is 0.154. The van der Waals surface area contributed by atoms with Crippen LogP contribution in [0.3, 0.4) is 0 Å². The zero-order valence-corrected chi connectivity index (χ0v) is 28.5. The lowest BCUT2D eigenvalue weighted by Crippen LogP contribution is -2.53. The van der Waals surface area contributed by atoms with Crippen LogP contribution in [0.2, 0.25) is 10.0 Å². The van der Waals surface area contributed by atoms with Crippen LogP contribution in [0.1, 0.15) is 35.6 Å². The van der Waals surface area contributed by atoms with Gasteiger partial charge in [-0.25, -0.2) is 8.42 Å². The minimum atomic E-state index is -4.91. The molecule has 0 fully saturated rings. The van der Waals surface area contributed by atoms with Crippen molar-refractivity contribution < 1.29 is 31.2 Å². The third-order valence-corrected chi connectivity index (χ3v) is 9.89. The van der Waals surface area contributed by atoms with Crippen molar-refractivity contribution >= 4 is 50.7 Å². The van der Waals surface area contributed by atoms with Crippen LogP contribution in [0.15, 0.2) is 102 Å². The summed E-state index contributed by atoms with van der Waals surface area (Å²) in [6, 6.07) is 22.8. The maximum absolute atomic E-state index is 14.5. The molecule has 4 rings (SSSR count). The number of halogens is 5. The number of amides is 2. The molecular formula is C35H34Cl2F3N3O4S. The van der Waals surface area contributed by atoms with Crippen molar-refractivity contribution in [1.82, 2.24) is 10.2 Å². The van der Waals surface area contributed by atoms with Gasteiger partial charge in [0.2, 0.25) is 11.8 Å². The molecule has 7 nitrogen and oxygen atoms in total. The van der Waals surface area contributed by atoms with Gasteiger partial charge in [-0.3, -0.25) is 13.9 Å². The van der Waals surface area contributed by atoms with Gasteiger partial charge in [0, 0.05) is 24.5 Å². The van der Waals surface area contributed by atoms with Gasteiger partial charge in [-0.05, 0) is 66.9 Å². The Bertz CT molecular complexity index is 1820. The second-order valence-electron chi connectivity index (χ2n) is 11.1. The van der Waals surface area contributed by atoms with Gasteiger partial charge in [-0.1, -0.05) is 90.3 Å². The number of carbonyl (C=O) groups is 2. The maximum atomic E-state index is 14.5. The molecule has 0 saturated carbocycles. The minimum absolute atomic E-state index is 0.0829. The molecule has 13 heteroatoms.